The number of aryl methyl sites for hydroxylation is 1. The van der Waals surface area contributed by atoms with Crippen LogP contribution in [0.25, 0.3) is 16.7 Å². The first-order valence-electron chi connectivity index (χ1n) is 14.5. The first-order chi connectivity index (χ1) is 22.0. The number of benzene rings is 2. The maximum Gasteiger partial charge on any atom is 0.412 e. The van der Waals surface area contributed by atoms with Crippen molar-refractivity contribution in [2.24, 2.45) is 0 Å². The monoisotopic (exact) mass is 627 g/mol. The van der Waals surface area contributed by atoms with Crippen LogP contribution in [0.15, 0.2) is 55.1 Å². The topological polar surface area (TPSA) is 144 Å². The van der Waals surface area contributed by atoms with Crippen LogP contribution >= 0.6 is 0 Å². The summed E-state index contributed by atoms with van der Waals surface area (Å²) in [5, 5.41) is 11.1. The summed E-state index contributed by atoms with van der Waals surface area (Å²) >= 11 is 0. The van der Waals surface area contributed by atoms with Crippen molar-refractivity contribution in [3.63, 3.8) is 0 Å². The first-order valence-corrected chi connectivity index (χ1v) is 14.5. The third kappa shape index (κ3) is 7.04. The third-order valence-corrected chi connectivity index (χ3v) is 6.95. The van der Waals surface area contributed by atoms with E-state index in [-0.39, 0.29) is 5.88 Å². The van der Waals surface area contributed by atoms with Gasteiger partial charge in [-0.25, -0.2) is 19.4 Å². The second-order valence-corrected chi connectivity index (χ2v) is 11.4. The Balaban J connectivity index is 1.57. The van der Waals surface area contributed by atoms with Crippen LogP contribution in [0.1, 0.15) is 37.5 Å². The predicted octanol–water partition coefficient (Wildman–Crippen LogP) is 6.60. The van der Waals surface area contributed by atoms with Gasteiger partial charge in [0.1, 0.15) is 46.1 Å². The highest BCUT2D eigenvalue weighted by molar-refractivity contribution is 5.94. The molecule has 240 valence electrons. The van der Waals surface area contributed by atoms with Crippen LogP contribution in [0.3, 0.4) is 0 Å². The Morgan fingerprint density at radius 2 is 1.74 bits per heavy atom. The number of ether oxygens (including phenoxy) is 5. The molecule has 5 rings (SSSR count). The molecule has 0 bridgehead atoms. The highest BCUT2D eigenvalue weighted by Gasteiger charge is 2.21. The van der Waals surface area contributed by atoms with E-state index in [2.05, 4.69) is 25.7 Å². The lowest BCUT2D eigenvalue weighted by atomic mass is 10.1. The minimum absolute atomic E-state index is 0.244. The van der Waals surface area contributed by atoms with E-state index in [9.17, 15) is 4.79 Å². The summed E-state index contributed by atoms with van der Waals surface area (Å²) in [6.07, 6.45) is 4.00. The van der Waals surface area contributed by atoms with Gasteiger partial charge in [0.25, 0.3) is 0 Å². The summed E-state index contributed by atoms with van der Waals surface area (Å²) in [7, 11) is 4.83. The molecule has 0 saturated heterocycles. The fourth-order valence-electron chi connectivity index (χ4n) is 4.75. The zero-order valence-corrected chi connectivity index (χ0v) is 27.1. The van der Waals surface area contributed by atoms with Crippen molar-refractivity contribution in [1.29, 1.82) is 0 Å². The Kier molecular flexibility index (Phi) is 9.12. The van der Waals surface area contributed by atoms with Gasteiger partial charge in [0.05, 0.1) is 44.9 Å². The smallest absolute Gasteiger partial charge is 0.412 e. The molecular formula is C33H37N7O6. The Morgan fingerprint density at radius 3 is 2.46 bits per heavy atom. The molecule has 5 aromatic rings. The zero-order valence-electron chi connectivity index (χ0n) is 27.1. The predicted molar refractivity (Wildman–Crippen MR) is 174 cm³/mol. The number of carbonyl (C=O) groups is 1. The highest BCUT2D eigenvalue weighted by Crippen LogP contribution is 2.38. The van der Waals surface area contributed by atoms with Gasteiger partial charge >= 0.3 is 6.09 Å². The molecule has 0 radical (unpaired) electrons. The second kappa shape index (κ2) is 13.2. The highest BCUT2D eigenvalue weighted by atomic mass is 16.6. The number of nitrogens with one attached hydrogen (secondary N) is 2. The van der Waals surface area contributed by atoms with Crippen molar-refractivity contribution < 1.29 is 28.5 Å². The minimum Gasteiger partial charge on any atom is -0.497 e. The number of aromatic nitrogens is 5. The van der Waals surface area contributed by atoms with E-state index in [1.807, 2.05) is 44.2 Å². The van der Waals surface area contributed by atoms with Crippen molar-refractivity contribution in [2.75, 3.05) is 32.0 Å². The van der Waals surface area contributed by atoms with Crippen LogP contribution in [0.5, 0.6) is 28.9 Å². The van der Waals surface area contributed by atoms with E-state index in [1.165, 1.54) is 17.2 Å². The van der Waals surface area contributed by atoms with Gasteiger partial charge in [-0.05, 0) is 58.4 Å². The Bertz CT molecular complexity index is 1880. The number of nitrogens with zero attached hydrogens (tertiary/aromatic N) is 5. The fraction of sp³-hybridized carbons (Fsp3) is 0.303. The molecule has 3 heterocycles. The van der Waals surface area contributed by atoms with E-state index in [0.717, 1.165) is 16.7 Å². The lowest BCUT2D eigenvalue weighted by Crippen LogP contribution is -2.27. The lowest BCUT2D eigenvalue weighted by Gasteiger charge is -2.19. The molecule has 2 aromatic carbocycles. The van der Waals surface area contributed by atoms with Crippen LogP contribution in [-0.4, -0.2) is 57.8 Å². The number of amides is 1. The van der Waals surface area contributed by atoms with Crippen LogP contribution in [0.2, 0.25) is 0 Å². The molecular weight excluding hydrogens is 590 g/mol. The summed E-state index contributed by atoms with van der Waals surface area (Å²) in [5.74, 6) is 3.76. The molecule has 0 aliphatic carbocycles. The van der Waals surface area contributed by atoms with Crippen molar-refractivity contribution in [3.8, 4) is 34.7 Å². The number of pyridine rings is 1. The van der Waals surface area contributed by atoms with Crippen molar-refractivity contribution >= 4 is 28.5 Å². The third-order valence-electron chi connectivity index (χ3n) is 6.95. The van der Waals surface area contributed by atoms with Gasteiger partial charge in [-0.1, -0.05) is 6.07 Å². The van der Waals surface area contributed by atoms with Crippen molar-refractivity contribution in [3.05, 3.63) is 71.8 Å². The van der Waals surface area contributed by atoms with Gasteiger partial charge in [0.15, 0.2) is 5.82 Å². The van der Waals surface area contributed by atoms with Crippen LogP contribution in [-0.2, 0) is 11.3 Å². The number of methoxy groups -OCH3 is 3. The molecule has 0 fully saturated rings. The van der Waals surface area contributed by atoms with Crippen LogP contribution < -0.4 is 29.6 Å². The normalized spacial score (nSPS) is 11.2. The number of hydrogen-bond donors (Lipinski definition) is 2. The van der Waals surface area contributed by atoms with Crippen molar-refractivity contribution in [2.45, 2.75) is 46.8 Å². The molecule has 46 heavy (non-hydrogen) atoms. The second-order valence-electron chi connectivity index (χ2n) is 11.4. The summed E-state index contributed by atoms with van der Waals surface area (Å²) in [5.41, 5.74) is 2.91. The van der Waals surface area contributed by atoms with E-state index >= 15 is 0 Å². The number of hydrogen-bond acceptors (Lipinski definition) is 11. The van der Waals surface area contributed by atoms with Crippen LogP contribution in [0, 0.1) is 13.8 Å². The zero-order chi connectivity index (χ0) is 33.0. The van der Waals surface area contributed by atoms with Crippen LogP contribution in [0.4, 0.5) is 16.3 Å². The number of anilines is 2. The van der Waals surface area contributed by atoms with E-state index in [0.29, 0.717) is 57.8 Å². The lowest BCUT2D eigenvalue weighted by molar-refractivity contribution is 0.0636. The fourth-order valence-corrected chi connectivity index (χ4v) is 4.75. The molecule has 1 amide bonds. The van der Waals surface area contributed by atoms with Gasteiger partial charge in [-0.2, -0.15) is 10.1 Å². The van der Waals surface area contributed by atoms with Gasteiger partial charge < -0.3 is 29.0 Å². The Morgan fingerprint density at radius 1 is 0.957 bits per heavy atom. The van der Waals surface area contributed by atoms with Gasteiger partial charge in [0.2, 0.25) is 5.88 Å². The largest absolute Gasteiger partial charge is 0.497 e. The average molecular weight is 628 g/mol. The van der Waals surface area contributed by atoms with E-state index < -0.39 is 11.7 Å². The van der Waals surface area contributed by atoms with E-state index in [1.54, 1.807) is 54.4 Å². The van der Waals surface area contributed by atoms with Crippen molar-refractivity contribution in [1.82, 2.24) is 24.7 Å². The standard InChI is InChI=1S/C33H37N7O6/c1-19-9-12-25(43-7)20(2)29(19)45-31-28-24(14-27(39-31)40-17-22(16-37-40)38-32(41)46-33(3,4)5)35-18-36-30(28)34-15-21-10-11-23(42-6)13-26(21)44-8/h9-14,16-18H,15H2,1-8H3,(H,38,41)(H,34,35,36). The average Bonchev–Trinajstić information content (AvgIpc) is 3.49. The molecule has 13 heteroatoms. The molecule has 0 aliphatic rings. The summed E-state index contributed by atoms with van der Waals surface area (Å²) in [4.78, 5) is 26.3. The first kappa shape index (κ1) is 31.8. The molecule has 2 N–H and O–H groups in total. The maximum absolute atomic E-state index is 12.3. The number of fused-ring (bicyclic) bond motifs is 1. The molecule has 0 aliphatic heterocycles. The quantitative estimate of drug-likeness (QED) is 0.173. The van der Waals surface area contributed by atoms with Gasteiger partial charge in [-0.15, -0.1) is 0 Å². The Hall–Kier alpha value is -5.59. The van der Waals surface area contributed by atoms with E-state index in [4.69, 9.17) is 28.7 Å². The summed E-state index contributed by atoms with van der Waals surface area (Å²) in [6.45, 7) is 9.63. The molecule has 0 saturated carbocycles. The maximum atomic E-state index is 12.3. The molecule has 0 spiro atoms. The molecule has 0 unspecified atom stereocenters. The summed E-state index contributed by atoms with van der Waals surface area (Å²) < 4.78 is 29.9. The van der Waals surface area contributed by atoms with Gasteiger partial charge in [0, 0.05) is 29.8 Å². The SMILES string of the molecule is COc1ccc(CNc2ncnc3cc(-n4cc(NC(=O)OC(C)(C)C)cn4)nc(Oc4c(C)ccc(OC)c4C)c23)c(OC)c1. The molecule has 13 nitrogen and oxygen atoms in total. The van der Waals surface area contributed by atoms with Gasteiger partial charge in [-0.3, -0.25) is 5.32 Å². The molecule has 0 atom stereocenters. The number of carbonyl (C=O) groups excluding carboxylic acids is 1. The minimum atomic E-state index is -0.646. The summed E-state index contributed by atoms with van der Waals surface area (Å²) in [6, 6.07) is 11.2. The number of rotatable bonds is 10. The molecule has 3 aromatic heterocycles. The Labute approximate surface area is 266 Å².